The van der Waals surface area contributed by atoms with Crippen LogP contribution in [0.2, 0.25) is 0 Å². The minimum Gasteiger partial charge on any atom is -0.276 e. The highest BCUT2D eigenvalue weighted by molar-refractivity contribution is 6.17. The fourth-order valence-electron chi connectivity index (χ4n) is 8.75. The summed E-state index contributed by atoms with van der Waals surface area (Å²) >= 11 is 0. The lowest BCUT2D eigenvalue weighted by molar-refractivity contribution is 1.06. The maximum absolute atomic E-state index is 15.1. The molecule has 9 aromatic carbocycles. The van der Waals surface area contributed by atoms with E-state index in [0.29, 0.717) is 10.8 Å². The Balaban J connectivity index is 1.21. The zero-order chi connectivity index (χ0) is 40.2. The van der Waals surface area contributed by atoms with Crippen LogP contribution in [0.15, 0.2) is 228 Å². The van der Waals surface area contributed by atoms with Gasteiger partial charge in [-0.25, -0.2) is 0 Å². The lowest BCUT2D eigenvalue weighted by atomic mass is 9.95. The summed E-state index contributed by atoms with van der Waals surface area (Å²) in [5.74, 6) is 0. The van der Waals surface area contributed by atoms with Gasteiger partial charge in [-0.05, 0) is 116 Å². The van der Waals surface area contributed by atoms with Gasteiger partial charge in [0.2, 0.25) is 0 Å². The van der Waals surface area contributed by atoms with E-state index in [2.05, 4.69) is 115 Å². The Morgan fingerprint density at radius 1 is 0.233 bits per heavy atom. The molecule has 282 valence electrons. The fraction of sp³-hybridized carbons (Fsp3) is 0. The standard InChI is InChI=1S/C56H36N2O2/c59-55-51-36-52-48(50-34-44(40-19-11-4-12-20-40)26-32-54(50)58(56(52)60)46-29-23-42(24-30-46)38-15-7-2-8-16-38)35-47(51)49-33-43(39-17-9-3-10-18-39)25-31-53(49)57(55)45-27-21-41(22-28-45)37-13-5-1-6-14-37/h1-36H. The summed E-state index contributed by atoms with van der Waals surface area (Å²) in [4.78, 5) is 30.2. The summed E-state index contributed by atoms with van der Waals surface area (Å²) in [6.07, 6.45) is 0. The van der Waals surface area contributed by atoms with Crippen LogP contribution < -0.4 is 11.1 Å². The normalized spacial score (nSPS) is 11.5. The van der Waals surface area contributed by atoms with E-state index in [9.17, 15) is 0 Å². The molecule has 4 nitrogen and oxygen atoms in total. The summed E-state index contributed by atoms with van der Waals surface area (Å²) in [5, 5.41) is 4.41. The first kappa shape index (κ1) is 35.1. The van der Waals surface area contributed by atoms with Crippen molar-refractivity contribution in [1.82, 2.24) is 9.13 Å². The van der Waals surface area contributed by atoms with E-state index in [4.69, 9.17) is 0 Å². The molecule has 0 radical (unpaired) electrons. The Labute approximate surface area is 346 Å². The maximum Gasteiger partial charge on any atom is 0.263 e. The van der Waals surface area contributed by atoms with Gasteiger partial charge in [0, 0.05) is 32.9 Å². The molecule has 0 N–H and O–H groups in total. The van der Waals surface area contributed by atoms with Gasteiger partial charge >= 0.3 is 0 Å². The minimum absolute atomic E-state index is 0.185. The first-order valence-corrected chi connectivity index (χ1v) is 20.2. The molecule has 2 heterocycles. The van der Waals surface area contributed by atoms with Crippen molar-refractivity contribution in [2.24, 2.45) is 0 Å². The molecule has 0 aliphatic carbocycles. The second-order valence-electron chi connectivity index (χ2n) is 15.2. The molecule has 11 aromatic rings. The van der Waals surface area contributed by atoms with Crippen LogP contribution in [0, 0.1) is 0 Å². The smallest absolute Gasteiger partial charge is 0.263 e. The molecule has 0 atom stereocenters. The van der Waals surface area contributed by atoms with E-state index in [1.165, 1.54) is 0 Å². The maximum atomic E-state index is 15.1. The molecule has 0 spiro atoms. The summed E-state index contributed by atoms with van der Waals surface area (Å²) < 4.78 is 3.59. The van der Waals surface area contributed by atoms with Gasteiger partial charge in [-0.3, -0.25) is 18.7 Å². The van der Waals surface area contributed by atoms with E-state index in [1.807, 2.05) is 103 Å². The van der Waals surface area contributed by atoms with Gasteiger partial charge in [-0.1, -0.05) is 158 Å². The topological polar surface area (TPSA) is 44.0 Å². The molecule has 0 saturated heterocycles. The Kier molecular flexibility index (Phi) is 8.42. The summed E-state index contributed by atoms with van der Waals surface area (Å²) in [6.45, 7) is 0. The summed E-state index contributed by atoms with van der Waals surface area (Å²) in [7, 11) is 0. The SMILES string of the molecule is O=c1c2cc3c(=O)n(-c4ccc(-c5ccccc5)cc4)c4ccc(-c5ccccc5)cc4c3cc2c2cc(-c3ccccc3)ccc2n1-c1ccc(-c2ccccc2)cc1. The van der Waals surface area contributed by atoms with Crippen molar-refractivity contribution in [2.45, 2.75) is 0 Å². The number of hydrogen-bond donors (Lipinski definition) is 0. The van der Waals surface area contributed by atoms with Gasteiger partial charge in [0.05, 0.1) is 11.0 Å². The predicted octanol–water partition coefficient (Wildman–Crippen LogP) is 13.3. The predicted molar refractivity (Wildman–Crippen MR) is 249 cm³/mol. The largest absolute Gasteiger partial charge is 0.276 e. The lowest BCUT2D eigenvalue weighted by Gasteiger charge is -2.18. The number of aromatic nitrogens is 2. The zero-order valence-electron chi connectivity index (χ0n) is 32.5. The molecule has 0 fully saturated rings. The second-order valence-corrected chi connectivity index (χ2v) is 15.2. The quantitative estimate of drug-likeness (QED) is 0.125. The molecule has 11 rings (SSSR count). The Bertz CT molecular complexity index is 3290. The van der Waals surface area contributed by atoms with E-state index in [1.54, 1.807) is 9.13 Å². The van der Waals surface area contributed by atoms with Crippen LogP contribution in [-0.4, -0.2) is 9.13 Å². The molecular formula is C56H36N2O2. The van der Waals surface area contributed by atoms with Crippen molar-refractivity contribution < 1.29 is 0 Å². The molecule has 0 saturated carbocycles. The van der Waals surface area contributed by atoms with Crippen molar-refractivity contribution >= 4 is 43.4 Å². The van der Waals surface area contributed by atoms with Crippen molar-refractivity contribution in [3.05, 3.63) is 239 Å². The van der Waals surface area contributed by atoms with Gasteiger partial charge in [0.25, 0.3) is 11.1 Å². The van der Waals surface area contributed by atoms with Gasteiger partial charge in [-0.15, -0.1) is 0 Å². The van der Waals surface area contributed by atoms with Crippen molar-refractivity contribution in [1.29, 1.82) is 0 Å². The summed E-state index contributed by atoms with van der Waals surface area (Å²) in [6, 6.07) is 73.9. The molecule has 60 heavy (non-hydrogen) atoms. The van der Waals surface area contributed by atoms with Crippen molar-refractivity contribution in [3.63, 3.8) is 0 Å². The van der Waals surface area contributed by atoms with Crippen LogP contribution in [0.3, 0.4) is 0 Å². The molecule has 0 aliphatic heterocycles. The Hall–Kier alpha value is -8.08. The highest BCUT2D eigenvalue weighted by atomic mass is 16.1. The molecule has 0 bridgehead atoms. The third kappa shape index (κ3) is 5.93. The van der Waals surface area contributed by atoms with Gasteiger partial charge in [0.1, 0.15) is 0 Å². The van der Waals surface area contributed by atoms with Crippen LogP contribution >= 0.6 is 0 Å². The number of nitrogens with zero attached hydrogens (tertiary/aromatic N) is 2. The van der Waals surface area contributed by atoms with Crippen LogP contribution in [0.4, 0.5) is 0 Å². The average molecular weight is 769 g/mol. The van der Waals surface area contributed by atoms with E-state index >= 15 is 9.59 Å². The lowest BCUT2D eigenvalue weighted by Crippen LogP contribution is -2.22. The molecular weight excluding hydrogens is 733 g/mol. The van der Waals surface area contributed by atoms with Gasteiger partial charge < -0.3 is 0 Å². The average Bonchev–Trinajstić information content (AvgIpc) is 3.32. The monoisotopic (exact) mass is 768 g/mol. The fourth-order valence-corrected chi connectivity index (χ4v) is 8.75. The second kappa shape index (κ2) is 14.4. The number of pyridine rings is 2. The van der Waals surface area contributed by atoms with Crippen LogP contribution in [0.1, 0.15) is 0 Å². The minimum atomic E-state index is -0.185. The number of fused-ring (bicyclic) bond motifs is 6. The molecule has 2 aromatic heterocycles. The number of rotatable bonds is 6. The third-order valence-corrected chi connectivity index (χ3v) is 11.8. The molecule has 0 amide bonds. The highest BCUT2D eigenvalue weighted by Gasteiger charge is 2.20. The molecule has 4 heteroatoms. The van der Waals surface area contributed by atoms with E-state index < -0.39 is 0 Å². The van der Waals surface area contributed by atoms with Crippen LogP contribution in [0.5, 0.6) is 0 Å². The first-order valence-electron chi connectivity index (χ1n) is 20.2. The van der Waals surface area contributed by atoms with Crippen LogP contribution in [0.25, 0.3) is 99.2 Å². The zero-order valence-corrected chi connectivity index (χ0v) is 32.5. The number of benzene rings is 9. The van der Waals surface area contributed by atoms with E-state index in [-0.39, 0.29) is 11.1 Å². The Morgan fingerprint density at radius 2 is 0.517 bits per heavy atom. The van der Waals surface area contributed by atoms with Gasteiger partial charge in [0.15, 0.2) is 0 Å². The summed E-state index contributed by atoms with van der Waals surface area (Å²) in [5.41, 5.74) is 11.3. The first-order chi connectivity index (χ1) is 29.6. The van der Waals surface area contributed by atoms with Crippen molar-refractivity contribution in [2.75, 3.05) is 0 Å². The van der Waals surface area contributed by atoms with Crippen LogP contribution in [-0.2, 0) is 0 Å². The van der Waals surface area contributed by atoms with Crippen molar-refractivity contribution in [3.8, 4) is 55.9 Å². The van der Waals surface area contributed by atoms with Gasteiger partial charge in [-0.2, -0.15) is 0 Å². The Morgan fingerprint density at radius 3 is 0.867 bits per heavy atom. The van der Waals surface area contributed by atoms with E-state index in [0.717, 1.165) is 88.5 Å². The molecule has 0 unspecified atom stereocenters. The third-order valence-electron chi connectivity index (χ3n) is 11.8. The number of hydrogen-bond acceptors (Lipinski definition) is 2. The highest BCUT2D eigenvalue weighted by Crippen LogP contribution is 2.36. The molecule has 0 aliphatic rings.